The van der Waals surface area contributed by atoms with E-state index in [1.807, 2.05) is 19.1 Å². The Morgan fingerprint density at radius 2 is 1.44 bits per heavy atom. The topological polar surface area (TPSA) is 57.5 Å². The van der Waals surface area contributed by atoms with Crippen LogP contribution in [-0.2, 0) is 4.79 Å². The first-order chi connectivity index (χ1) is 7.47. The molecule has 0 aliphatic carbocycles. The monoisotopic (exact) mass is 226 g/mol. The van der Waals surface area contributed by atoms with Crippen LogP contribution in [0.1, 0.15) is 39.2 Å². The molecule has 0 unspecified atom stereocenters. The summed E-state index contributed by atoms with van der Waals surface area (Å²) in [5.74, 6) is -0.416. The molecule has 0 aliphatic heterocycles. The van der Waals surface area contributed by atoms with E-state index >= 15 is 0 Å². The lowest BCUT2D eigenvalue weighted by atomic mass is 10.2. The molecule has 0 aromatic heterocycles. The molecule has 0 spiro atoms. The number of aromatic hydroxyl groups is 1. The quantitative estimate of drug-likeness (QED) is 0.769. The van der Waals surface area contributed by atoms with E-state index in [2.05, 4.69) is 13.8 Å². The van der Waals surface area contributed by atoms with Crippen LogP contribution in [-0.4, -0.2) is 16.2 Å². The lowest BCUT2D eigenvalue weighted by Crippen LogP contribution is -1.86. The summed E-state index contributed by atoms with van der Waals surface area (Å²) < 4.78 is 0. The Balaban J connectivity index is 0. The molecule has 0 radical (unpaired) electrons. The summed E-state index contributed by atoms with van der Waals surface area (Å²) in [6.45, 7) is 7.84. The molecule has 0 saturated heterocycles. The zero-order valence-corrected chi connectivity index (χ0v) is 10.5. The third-order valence-corrected chi connectivity index (χ3v) is 1.34. The van der Waals surface area contributed by atoms with Crippen molar-refractivity contribution in [2.24, 2.45) is 0 Å². The minimum atomic E-state index is -0.745. The van der Waals surface area contributed by atoms with Crippen molar-refractivity contribution in [3.8, 4) is 5.75 Å². The molecule has 1 rings (SSSR count). The number of hydrogen-bond acceptors (Lipinski definition) is 2. The second-order valence-electron chi connectivity index (χ2n) is 3.29. The average Bonchev–Trinajstić information content (AvgIpc) is 2.24. The number of carboxylic acid groups (broad SMARTS) is 1. The van der Waals surface area contributed by atoms with Crippen LogP contribution in [0, 0.1) is 6.92 Å². The van der Waals surface area contributed by atoms with Gasteiger partial charge in [0.05, 0.1) is 0 Å². The predicted molar refractivity (Wildman–Crippen MR) is 66.7 cm³/mol. The molecule has 0 bridgehead atoms. The Bertz CT molecular complexity index is 244. The third-order valence-electron chi connectivity index (χ3n) is 1.34. The maximum atomic E-state index is 9.37. The van der Waals surface area contributed by atoms with E-state index in [0.29, 0.717) is 5.75 Å². The molecule has 0 atom stereocenters. The van der Waals surface area contributed by atoms with E-state index in [0.717, 1.165) is 0 Å². The molecule has 1 aromatic rings. The number of aliphatic carboxylic acids is 1. The van der Waals surface area contributed by atoms with Gasteiger partial charge in [0.25, 0.3) is 0 Å². The summed E-state index contributed by atoms with van der Waals surface area (Å²) in [6.07, 6.45) is 1.47. The largest absolute Gasteiger partial charge is 0.508 e. The van der Waals surface area contributed by atoms with Crippen molar-refractivity contribution in [2.45, 2.75) is 40.5 Å². The molecular formula is C13H22O3. The van der Waals surface area contributed by atoms with E-state index in [1.165, 1.54) is 12.0 Å². The Kier molecular flexibility index (Phi) is 12.2. The van der Waals surface area contributed by atoms with E-state index in [1.54, 1.807) is 19.1 Å². The molecule has 2 N–H and O–H groups in total. The van der Waals surface area contributed by atoms with Crippen molar-refractivity contribution in [1.29, 1.82) is 0 Å². The van der Waals surface area contributed by atoms with Crippen LogP contribution in [0.5, 0.6) is 5.75 Å². The van der Waals surface area contributed by atoms with Crippen LogP contribution >= 0.6 is 0 Å². The fraction of sp³-hybridized carbons (Fsp3) is 0.462. The van der Waals surface area contributed by atoms with Crippen molar-refractivity contribution in [3.63, 3.8) is 0 Å². The van der Waals surface area contributed by atoms with Gasteiger partial charge in [-0.15, -0.1) is 0 Å². The van der Waals surface area contributed by atoms with Gasteiger partial charge < -0.3 is 10.2 Å². The van der Waals surface area contributed by atoms with Crippen LogP contribution in [0.3, 0.4) is 0 Å². The van der Waals surface area contributed by atoms with E-state index < -0.39 is 5.97 Å². The molecule has 0 amide bonds. The summed E-state index contributed by atoms with van der Waals surface area (Å²) in [5.41, 5.74) is 1.17. The second kappa shape index (κ2) is 11.6. The Morgan fingerprint density at radius 3 is 1.62 bits per heavy atom. The Morgan fingerprint density at radius 1 is 1.12 bits per heavy atom. The zero-order chi connectivity index (χ0) is 13.0. The summed E-state index contributed by atoms with van der Waals surface area (Å²) in [4.78, 5) is 9.37. The van der Waals surface area contributed by atoms with Crippen LogP contribution < -0.4 is 0 Å². The smallest absolute Gasteiger partial charge is 0.303 e. The molecule has 0 heterocycles. The van der Waals surface area contributed by atoms with Crippen LogP contribution in [0.2, 0.25) is 0 Å². The highest BCUT2D eigenvalue weighted by Gasteiger charge is 1.82. The molecule has 0 fully saturated rings. The zero-order valence-electron chi connectivity index (χ0n) is 10.5. The lowest BCUT2D eigenvalue weighted by molar-refractivity contribution is -0.136. The number of phenolic OH excluding ortho intramolecular Hbond substituents is 1. The molecule has 0 aliphatic rings. The number of carboxylic acids is 1. The number of carbonyl (C=O) groups is 1. The highest BCUT2D eigenvalue weighted by molar-refractivity contribution is 5.66. The number of aryl methyl sites for hydroxylation is 1. The molecule has 1 aromatic carbocycles. The molecule has 92 valence electrons. The summed E-state index contributed by atoms with van der Waals surface area (Å²) in [7, 11) is 0. The van der Waals surface area contributed by atoms with E-state index in [4.69, 9.17) is 10.2 Å². The van der Waals surface area contributed by atoms with Gasteiger partial charge in [-0.2, -0.15) is 0 Å². The number of phenols is 1. The maximum absolute atomic E-state index is 9.37. The fourth-order valence-corrected chi connectivity index (χ4v) is 0.545. The number of rotatable bonds is 1. The van der Waals surface area contributed by atoms with Crippen molar-refractivity contribution in [1.82, 2.24) is 0 Å². The van der Waals surface area contributed by atoms with Crippen molar-refractivity contribution < 1.29 is 15.0 Å². The van der Waals surface area contributed by atoms with Gasteiger partial charge >= 0.3 is 5.97 Å². The van der Waals surface area contributed by atoms with Gasteiger partial charge in [-0.1, -0.05) is 44.9 Å². The summed E-state index contributed by atoms with van der Waals surface area (Å²) >= 11 is 0. The van der Waals surface area contributed by atoms with Crippen LogP contribution in [0.25, 0.3) is 0 Å². The van der Waals surface area contributed by atoms with Crippen molar-refractivity contribution >= 4 is 5.97 Å². The molecular weight excluding hydrogens is 204 g/mol. The number of benzene rings is 1. The molecule has 3 nitrogen and oxygen atoms in total. The number of hydrogen-bond donors (Lipinski definition) is 2. The first kappa shape index (κ1) is 16.9. The predicted octanol–water partition coefficient (Wildman–Crippen LogP) is 3.60. The molecule has 16 heavy (non-hydrogen) atoms. The first-order valence-electron chi connectivity index (χ1n) is 5.45. The Labute approximate surface area is 97.7 Å². The van der Waals surface area contributed by atoms with Gasteiger partial charge in [0.15, 0.2) is 0 Å². The van der Waals surface area contributed by atoms with Gasteiger partial charge in [0.2, 0.25) is 0 Å². The maximum Gasteiger partial charge on any atom is 0.303 e. The third kappa shape index (κ3) is 15.0. The second-order valence-corrected chi connectivity index (χ2v) is 3.29. The van der Waals surface area contributed by atoms with E-state index in [-0.39, 0.29) is 6.42 Å². The lowest BCUT2D eigenvalue weighted by Gasteiger charge is -1.89. The Hall–Kier alpha value is -1.51. The molecule has 3 heteroatoms. The highest BCUT2D eigenvalue weighted by Crippen LogP contribution is 2.07. The van der Waals surface area contributed by atoms with Gasteiger partial charge in [0, 0.05) is 6.42 Å². The van der Waals surface area contributed by atoms with E-state index in [9.17, 15) is 4.79 Å². The normalized spacial score (nSPS) is 8.00. The van der Waals surface area contributed by atoms with Crippen LogP contribution in [0.4, 0.5) is 0 Å². The van der Waals surface area contributed by atoms with Gasteiger partial charge in [-0.25, -0.2) is 0 Å². The van der Waals surface area contributed by atoms with Crippen molar-refractivity contribution in [2.75, 3.05) is 0 Å². The van der Waals surface area contributed by atoms with Crippen LogP contribution in [0.15, 0.2) is 24.3 Å². The standard InChI is InChI=1S/C7H8O.C3H6O2.C3H8/c1-6-2-4-7(8)5-3-6;1-2-3(4)5;1-3-2/h2-5,8H,1H3;2H2,1H3,(H,4,5);3H2,1-2H3. The SMILES string of the molecule is CCC.CCC(=O)O.Cc1ccc(O)cc1. The first-order valence-corrected chi connectivity index (χ1v) is 5.45. The summed E-state index contributed by atoms with van der Waals surface area (Å²) in [6, 6.07) is 7.09. The summed E-state index contributed by atoms with van der Waals surface area (Å²) in [5, 5.41) is 16.5. The molecule has 0 saturated carbocycles. The minimum Gasteiger partial charge on any atom is -0.508 e. The van der Waals surface area contributed by atoms with Crippen molar-refractivity contribution in [3.05, 3.63) is 29.8 Å². The van der Waals surface area contributed by atoms with Gasteiger partial charge in [0.1, 0.15) is 5.75 Å². The fourth-order valence-electron chi connectivity index (χ4n) is 0.545. The van der Waals surface area contributed by atoms with Gasteiger partial charge in [-0.3, -0.25) is 4.79 Å². The highest BCUT2D eigenvalue weighted by atomic mass is 16.4. The van der Waals surface area contributed by atoms with Gasteiger partial charge in [-0.05, 0) is 19.1 Å². The minimum absolute atomic E-state index is 0.222. The average molecular weight is 226 g/mol.